The number of primary amides is 1. The smallest absolute Gasteiger partial charge is 0.222 e. The molecular formula is C18H25FN4O2. The second-order valence-electron chi connectivity index (χ2n) is 6.74. The molecule has 1 amide bonds. The third-order valence-electron chi connectivity index (χ3n) is 4.97. The predicted octanol–water partition coefficient (Wildman–Crippen LogP) is 0.955. The summed E-state index contributed by atoms with van der Waals surface area (Å²) >= 11 is 0. The first-order valence-electron chi connectivity index (χ1n) is 8.71. The van der Waals surface area contributed by atoms with Crippen LogP contribution in [0.3, 0.4) is 0 Å². The van der Waals surface area contributed by atoms with Crippen LogP contribution in [0.5, 0.6) is 0 Å². The maximum Gasteiger partial charge on any atom is 0.222 e. The summed E-state index contributed by atoms with van der Waals surface area (Å²) in [4.78, 5) is 16.0. The van der Waals surface area contributed by atoms with Crippen LogP contribution in [0.1, 0.15) is 24.8 Å². The van der Waals surface area contributed by atoms with E-state index in [2.05, 4.69) is 15.6 Å². The normalized spacial score (nSPS) is 26.5. The van der Waals surface area contributed by atoms with E-state index < -0.39 is 11.8 Å². The first kappa shape index (κ1) is 17.7. The van der Waals surface area contributed by atoms with Gasteiger partial charge in [0.1, 0.15) is 5.82 Å². The molecule has 0 saturated carbocycles. The predicted molar refractivity (Wildman–Crippen MR) is 93.6 cm³/mol. The van der Waals surface area contributed by atoms with Crippen molar-refractivity contribution in [1.29, 1.82) is 0 Å². The summed E-state index contributed by atoms with van der Waals surface area (Å²) in [5.74, 6) is -0.447. The van der Waals surface area contributed by atoms with E-state index in [1.165, 1.54) is 12.1 Å². The Morgan fingerprint density at radius 1 is 1.40 bits per heavy atom. The van der Waals surface area contributed by atoms with Gasteiger partial charge in [0.25, 0.3) is 0 Å². The molecule has 2 aliphatic heterocycles. The van der Waals surface area contributed by atoms with Gasteiger partial charge in [-0.3, -0.25) is 9.79 Å². The molecule has 2 bridgehead atoms. The molecule has 4 N–H and O–H groups in total. The third kappa shape index (κ3) is 4.48. The molecule has 4 unspecified atom stereocenters. The second kappa shape index (κ2) is 7.82. The summed E-state index contributed by atoms with van der Waals surface area (Å²) in [6, 6.07) is 6.37. The number of nitrogens with one attached hydrogen (secondary N) is 2. The maximum absolute atomic E-state index is 13.0. The molecule has 6 nitrogen and oxygen atoms in total. The monoisotopic (exact) mass is 348 g/mol. The van der Waals surface area contributed by atoms with Crippen molar-refractivity contribution in [3.8, 4) is 0 Å². The summed E-state index contributed by atoms with van der Waals surface area (Å²) in [6.07, 6.45) is 4.26. The number of ether oxygens (including phenoxy) is 1. The number of nitrogens with two attached hydrogens (primary N) is 1. The van der Waals surface area contributed by atoms with Crippen molar-refractivity contribution in [3.05, 3.63) is 35.6 Å². The van der Waals surface area contributed by atoms with E-state index in [-0.39, 0.29) is 18.0 Å². The molecule has 4 atom stereocenters. The first-order chi connectivity index (χ1) is 12.0. The Morgan fingerprint density at radius 2 is 2.16 bits per heavy atom. The Labute approximate surface area is 147 Å². The van der Waals surface area contributed by atoms with Crippen molar-refractivity contribution in [3.63, 3.8) is 0 Å². The molecule has 1 aromatic rings. The number of aliphatic imine (C=N–C) groups is 1. The number of carbonyl (C=O) groups is 1. The largest absolute Gasteiger partial charge is 0.373 e. The zero-order chi connectivity index (χ0) is 17.8. The molecule has 7 heteroatoms. The van der Waals surface area contributed by atoms with Gasteiger partial charge in [0, 0.05) is 13.6 Å². The number of amides is 1. The molecule has 2 saturated heterocycles. The summed E-state index contributed by atoms with van der Waals surface area (Å²) in [5, 5.41) is 6.55. The van der Waals surface area contributed by atoms with Crippen LogP contribution < -0.4 is 16.4 Å². The number of guanidine groups is 1. The number of hydrogen-bond donors (Lipinski definition) is 3. The highest BCUT2D eigenvalue weighted by atomic mass is 19.1. The van der Waals surface area contributed by atoms with Crippen molar-refractivity contribution >= 4 is 11.9 Å². The molecule has 3 rings (SSSR count). The molecule has 25 heavy (non-hydrogen) atoms. The van der Waals surface area contributed by atoms with Crippen LogP contribution in [0.15, 0.2) is 29.3 Å². The molecule has 0 radical (unpaired) electrons. The van der Waals surface area contributed by atoms with Crippen molar-refractivity contribution in [2.24, 2.45) is 16.6 Å². The zero-order valence-corrected chi connectivity index (χ0v) is 14.4. The number of hydrogen-bond acceptors (Lipinski definition) is 3. The molecule has 0 aliphatic carbocycles. The van der Waals surface area contributed by atoms with Crippen LogP contribution in [0.2, 0.25) is 0 Å². The van der Waals surface area contributed by atoms with Crippen LogP contribution in [-0.2, 0) is 16.0 Å². The third-order valence-corrected chi connectivity index (χ3v) is 4.97. The Bertz CT molecular complexity index is 634. The van der Waals surface area contributed by atoms with Crippen LogP contribution >= 0.6 is 0 Å². The number of carbonyl (C=O) groups excluding carboxylic acids is 1. The lowest BCUT2D eigenvalue weighted by Crippen LogP contribution is -2.49. The molecule has 2 fully saturated rings. The Hall–Kier alpha value is -2.15. The number of rotatable bonds is 6. The van der Waals surface area contributed by atoms with Crippen molar-refractivity contribution in [1.82, 2.24) is 10.6 Å². The molecule has 1 aromatic carbocycles. The molecule has 2 aliphatic rings. The van der Waals surface area contributed by atoms with Crippen molar-refractivity contribution in [2.45, 2.75) is 43.9 Å². The zero-order valence-electron chi connectivity index (χ0n) is 14.4. The lowest BCUT2D eigenvalue weighted by molar-refractivity contribution is -0.121. The fourth-order valence-corrected chi connectivity index (χ4v) is 3.56. The molecule has 0 aromatic heterocycles. The highest BCUT2D eigenvalue weighted by molar-refractivity contribution is 5.82. The minimum atomic E-state index is -0.403. The Morgan fingerprint density at radius 3 is 2.72 bits per heavy atom. The SMILES string of the molecule is CN=C(NCC(Cc1ccc(F)cc1)C(N)=O)NC1CC2CCC1O2. The maximum atomic E-state index is 13.0. The van der Waals surface area contributed by atoms with Gasteiger partial charge in [0.2, 0.25) is 5.91 Å². The number of nitrogens with zero attached hydrogens (tertiary/aromatic N) is 1. The van der Waals surface area contributed by atoms with Gasteiger partial charge in [0.05, 0.1) is 24.2 Å². The lowest BCUT2D eigenvalue weighted by Gasteiger charge is -2.23. The van der Waals surface area contributed by atoms with Gasteiger partial charge < -0.3 is 21.1 Å². The standard InChI is InChI=1S/C18H25FN4O2/c1-21-18(23-15-9-14-6-7-16(15)25-14)22-10-12(17(20)24)8-11-2-4-13(19)5-3-11/h2-5,12,14-16H,6-10H2,1H3,(H2,20,24)(H2,21,22,23). The van der Waals surface area contributed by atoms with E-state index in [9.17, 15) is 9.18 Å². The van der Waals surface area contributed by atoms with Crippen molar-refractivity contribution in [2.75, 3.05) is 13.6 Å². The quantitative estimate of drug-likeness (QED) is 0.528. The fourth-order valence-electron chi connectivity index (χ4n) is 3.56. The summed E-state index contributed by atoms with van der Waals surface area (Å²) in [5.41, 5.74) is 6.39. The average molecular weight is 348 g/mol. The van der Waals surface area contributed by atoms with E-state index in [0.29, 0.717) is 25.0 Å². The van der Waals surface area contributed by atoms with Crippen molar-refractivity contribution < 1.29 is 13.9 Å². The average Bonchev–Trinajstić information content (AvgIpc) is 3.21. The van der Waals surface area contributed by atoms with E-state index in [1.54, 1.807) is 19.2 Å². The summed E-state index contributed by atoms with van der Waals surface area (Å²) in [6.45, 7) is 0.369. The van der Waals surface area contributed by atoms with Crippen LogP contribution in [-0.4, -0.2) is 43.7 Å². The van der Waals surface area contributed by atoms with Gasteiger partial charge in [-0.15, -0.1) is 0 Å². The van der Waals surface area contributed by atoms with Crippen LogP contribution in [0, 0.1) is 11.7 Å². The van der Waals surface area contributed by atoms with E-state index in [4.69, 9.17) is 10.5 Å². The van der Waals surface area contributed by atoms with Gasteiger partial charge in [-0.1, -0.05) is 12.1 Å². The topological polar surface area (TPSA) is 88.7 Å². The van der Waals surface area contributed by atoms with Gasteiger partial charge in [-0.05, 0) is 43.4 Å². The highest BCUT2D eigenvalue weighted by Gasteiger charge is 2.41. The molecular weight excluding hydrogens is 323 g/mol. The molecule has 0 spiro atoms. The molecule has 136 valence electrons. The van der Waals surface area contributed by atoms with Gasteiger partial charge in [-0.2, -0.15) is 0 Å². The fraction of sp³-hybridized carbons (Fsp3) is 0.556. The summed E-state index contributed by atoms with van der Waals surface area (Å²) in [7, 11) is 1.70. The van der Waals surface area contributed by atoms with E-state index in [1.807, 2.05) is 0 Å². The van der Waals surface area contributed by atoms with E-state index in [0.717, 1.165) is 24.8 Å². The second-order valence-corrected chi connectivity index (χ2v) is 6.74. The van der Waals surface area contributed by atoms with E-state index >= 15 is 0 Å². The number of fused-ring (bicyclic) bond motifs is 2. The highest BCUT2D eigenvalue weighted by Crippen LogP contribution is 2.34. The lowest BCUT2D eigenvalue weighted by atomic mass is 9.95. The molecule has 2 heterocycles. The first-order valence-corrected chi connectivity index (χ1v) is 8.71. The Balaban J connectivity index is 1.52. The van der Waals surface area contributed by atoms with Gasteiger partial charge in [-0.25, -0.2) is 4.39 Å². The van der Waals surface area contributed by atoms with Gasteiger partial charge >= 0.3 is 0 Å². The van der Waals surface area contributed by atoms with Gasteiger partial charge in [0.15, 0.2) is 5.96 Å². The Kier molecular flexibility index (Phi) is 5.53. The van der Waals surface area contributed by atoms with Crippen LogP contribution in [0.4, 0.5) is 4.39 Å². The van der Waals surface area contributed by atoms with Crippen LogP contribution in [0.25, 0.3) is 0 Å². The number of benzene rings is 1. The minimum absolute atomic E-state index is 0.245. The summed E-state index contributed by atoms with van der Waals surface area (Å²) < 4.78 is 18.8. The minimum Gasteiger partial charge on any atom is -0.373 e. The number of halogens is 1.